The second kappa shape index (κ2) is 5.80. The largest absolute Gasteiger partial charge is 0.477 e. The summed E-state index contributed by atoms with van der Waals surface area (Å²) in [6.07, 6.45) is 0. The molecule has 0 atom stereocenters. The molecule has 0 amide bonds. The topological polar surface area (TPSA) is 37.3 Å². The normalized spacial score (nSPS) is 10.2. The van der Waals surface area contributed by atoms with Crippen molar-refractivity contribution >= 4 is 21.9 Å². The molecule has 0 radical (unpaired) electrons. The summed E-state index contributed by atoms with van der Waals surface area (Å²) in [6.45, 7) is 4.00. The molecule has 0 bridgehead atoms. The lowest BCUT2D eigenvalue weighted by atomic mass is 10.1. The second-order valence-electron chi connectivity index (χ2n) is 2.36. The molecule has 1 aromatic carbocycles. The number of hydrogen-bond acceptors (Lipinski definition) is 1. The molecule has 0 aliphatic carbocycles. The first-order chi connectivity index (χ1) is 6.96. The van der Waals surface area contributed by atoms with Crippen LogP contribution in [-0.2, 0) is 10.7 Å². The molecule has 5 heteroatoms. The number of carbonyl (C=O) groups is 1. The Balaban J connectivity index is 0.000000921. The van der Waals surface area contributed by atoms with Crippen LogP contribution < -0.4 is 0 Å². The zero-order valence-electron chi connectivity index (χ0n) is 8.30. The van der Waals surface area contributed by atoms with Crippen LogP contribution in [-0.4, -0.2) is 11.1 Å². The van der Waals surface area contributed by atoms with E-state index in [9.17, 15) is 13.6 Å². The molecule has 15 heavy (non-hydrogen) atoms. The third-order valence-electron chi connectivity index (χ3n) is 1.48. The van der Waals surface area contributed by atoms with Crippen LogP contribution in [0.15, 0.2) is 28.7 Å². The van der Waals surface area contributed by atoms with Gasteiger partial charge in [-0.3, -0.25) is 0 Å². The van der Waals surface area contributed by atoms with E-state index < -0.39 is 17.5 Å². The van der Waals surface area contributed by atoms with E-state index in [-0.39, 0.29) is 4.47 Å². The van der Waals surface area contributed by atoms with E-state index in [0.717, 1.165) is 6.07 Å². The number of aliphatic carboxylic acids is 1. The molecule has 0 heterocycles. The maximum absolute atomic E-state index is 12.9. The van der Waals surface area contributed by atoms with Crippen molar-refractivity contribution in [2.45, 2.75) is 19.8 Å². The summed E-state index contributed by atoms with van der Waals surface area (Å²) in [7, 11) is 0. The van der Waals surface area contributed by atoms with Gasteiger partial charge in [0.2, 0.25) is 0 Å². The fraction of sp³-hybridized carbons (Fsp3) is 0.300. The molecule has 1 N–H and O–H groups in total. The van der Waals surface area contributed by atoms with Gasteiger partial charge in [0.05, 0.1) is 0 Å². The number of halogens is 3. The van der Waals surface area contributed by atoms with Gasteiger partial charge in [-0.2, -0.15) is 8.78 Å². The molecular weight excluding hydrogens is 270 g/mol. The molecule has 2 nitrogen and oxygen atoms in total. The number of alkyl halides is 2. The van der Waals surface area contributed by atoms with Crippen molar-refractivity contribution in [1.29, 1.82) is 0 Å². The summed E-state index contributed by atoms with van der Waals surface area (Å²) >= 11 is 2.86. The van der Waals surface area contributed by atoms with Gasteiger partial charge in [0.25, 0.3) is 0 Å². The second-order valence-corrected chi connectivity index (χ2v) is 3.21. The highest BCUT2D eigenvalue weighted by Gasteiger charge is 2.42. The van der Waals surface area contributed by atoms with Crippen molar-refractivity contribution in [3.63, 3.8) is 0 Å². The molecular formula is C10H11BrF2O2. The van der Waals surface area contributed by atoms with E-state index >= 15 is 0 Å². The average Bonchev–Trinajstić information content (AvgIpc) is 2.21. The molecule has 84 valence electrons. The summed E-state index contributed by atoms with van der Waals surface area (Å²) in [5.41, 5.74) is -0.539. The van der Waals surface area contributed by atoms with E-state index in [2.05, 4.69) is 15.9 Å². The molecule has 0 aliphatic heterocycles. The van der Waals surface area contributed by atoms with Crippen LogP contribution in [0.2, 0.25) is 0 Å². The standard InChI is InChI=1S/C8H5BrF2O2.C2H6/c9-6-4-2-1-3-5(6)8(10,11)7(12)13;1-2/h1-4H,(H,12,13);1-2H3. The first-order valence-corrected chi connectivity index (χ1v) is 5.12. The lowest BCUT2D eigenvalue weighted by molar-refractivity contribution is -0.166. The molecule has 0 saturated carbocycles. The van der Waals surface area contributed by atoms with E-state index in [1.807, 2.05) is 13.8 Å². The highest BCUT2D eigenvalue weighted by atomic mass is 79.9. The number of hydrogen-bond donors (Lipinski definition) is 1. The van der Waals surface area contributed by atoms with Gasteiger partial charge in [0, 0.05) is 10.0 Å². The predicted molar refractivity (Wildman–Crippen MR) is 57.0 cm³/mol. The van der Waals surface area contributed by atoms with E-state index in [0.29, 0.717) is 0 Å². The third-order valence-corrected chi connectivity index (χ3v) is 2.17. The Morgan fingerprint density at radius 1 is 1.33 bits per heavy atom. The third kappa shape index (κ3) is 3.27. The summed E-state index contributed by atoms with van der Waals surface area (Å²) in [4.78, 5) is 10.2. The Labute approximate surface area is 95.1 Å². The van der Waals surface area contributed by atoms with E-state index in [1.54, 1.807) is 0 Å². The van der Waals surface area contributed by atoms with Crippen molar-refractivity contribution in [2.24, 2.45) is 0 Å². The van der Waals surface area contributed by atoms with Gasteiger partial charge in [-0.1, -0.05) is 48.0 Å². The van der Waals surface area contributed by atoms with Crippen LogP contribution >= 0.6 is 15.9 Å². The smallest absolute Gasteiger partial charge is 0.379 e. The summed E-state index contributed by atoms with van der Waals surface area (Å²) < 4.78 is 25.9. The molecule has 0 aliphatic rings. The lowest BCUT2D eigenvalue weighted by Crippen LogP contribution is -2.25. The van der Waals surface area contributed by atoms with Gasteiger partial charge in [0.1, 0.15) is 0 Å². The summed E-state index contributed by atoms with van der Waals surface area (Å²) in [5, 5.41) is 8.25. The number of benzene rings is 1. The highest BCUT2D eigenvalue weighted by Crippen LogP contribution is 2.33. The van der Waals surface area contributed by atoms with Crippen molar-refractivity contribution in [2.75, 3.05) is 0 Å². The van der Waals surface area contributed by atoms with Crippen LogP contribution in [0.1, 0.15) is 19.4 Å². The fourth-order valence-electron chi connectivity index (χ4n) is 0.831. The van der Waals surface area contributed by atoms with Gasteiger partial charge in [-0.15, -0.1) is 0 Å². The first kappa shape index (κ1) is 14.0. The van der Waals surface area contributed by atoms with E-state index in [1.165, 1.54) is 18.2 Å². The Hall–Kier alpha value is -0.970. The van der Waals surface area contributed by atoms with Crippen molar-refractivity contribution in [3.8, 4) is 0 Å². The number of carboxylic acids is 1. The van der Waals surface area contributed by atoms with Crippen molar-refractivity contribution in [3.05, 3.63) is 34.3 Å². The number of rotatable bonds is 2. The van der Waals surface area contributed by atoms with Gasteiger partial charge in [0.15, 0.2) is 0 Å². The Morgan fingerprint density at radius 3 is 2.20 bits per heavy atom. The van der Waals surface area contributed by atoms with Crippen molar-refractivity contribution in [1.82, 2.24) is 0 Å². The van der Waals surface area contributed by atoms with Gasteiger partial charge in [-0.25, -0.2) is 4.79 Å². The maximum Gasteiger partial charge on any atom is 0.379 e. The van der Waals surface area contributed by atoms with E-state index in [4.69, 9.17) is 5.11 Å². The molecule has 0 spiro atoms. The SMILES string of the molecule is CC.O=C(O)C(F)(F)c1ccccc1Br. The average molecular weight is 281 g/mol. The Morgan fingerprint density at radius 2 is 1.80 bits per heavy atom. The molecule has 0 unspecified atom stereocenters. The van der Waals surface area contributed by atoms with Crippen LogP contribution in [0.3, 0.4) is 0 Å². The van der Waals surface area contributed by atoms with Gasteiger partial charge >= 0.3 is 11.9 Å². The minimum absolute atomic E-state index is 0.0856. The Kier molecular flexibility index (Phi) is 5.43. The van der Waals surface area contributed by atoms with Crippen LogP contribution in [0.25, 0.3) is 0 Å². The molecule has 0 aromatic heterocycles. The highest BCUT2D eigenvalue weighted by molar-refractivity contribution is 9.10. The molecule has 1 aromatic rings. The number of carboxylic acid groups (broad SMARTS) is 1. The predicted octanol–water partition coefficient (Wildman–Crippen LogP) is 3.65. The zero-order valence-corrected chi connectivity index (χ0v) is 9.88. The molecule has 0 fully saturated rings. The molecule has 0 saturated heterocycles. The monoisotopic (exact) mass is 280 g/mol. The van der Waals surface area contributed by atoms with Crippen molar-refractivity contribution < 1.29 is 18.7 Å². The van der Waals surface area contributed by atoms with Crippen LogP contribution in [0, 0.1) is 0 Å². The first-order valence-electron chi connectivity index (χ1n) is 4.32. The molecule has 1 rings (SSSR count). The minimum Gasteiger partial charge on any atom is -0.477 e. The maximum atomic E-state index is 12.9. The fourth-order valence-corrected chi connectivity index (χ4v) is 1.36. The van der Waals surface area contributed by atoms with Crippen LogP contribution in [0.4, 0.5) is 8.78 Å². The Bertz CT molecular complexity index is 340. The zero-order chi connectivity index (χ0) is 12.1. The summed E-state index contributed by atoms with van der Waals surface area (Å²) in [6, 6.07) is 5.33. The van der Waals surface area contributed by atoms with Gasteiger partial charge < -0.3 is 5.11 Å². The minimum atomic E-state index is -3.85. The van der Waals surface area contributed by atoms with Gasteiger partial charge in [-0.05, 0) is 6.07 Å². The quantitative estimate of drug-likeness (QED) is 0.898. The lowest BCUT2D eigenvalue weighted by Gasteiger charge is -2.12. The van der Waals surface area contributed by atoms with Crippen LogP contribution in [0.5, 0.6) is 0 Å². The summed E-state index contributed by atoms with van der Waals surface area (Å²) in [5.74, 6) is -6.00.